The quantitative estimate of drug-likeness (QED) is 0.542. The molecule has 0 unspecified atom stereocenters. The van der Waals surface area contributed by atoms with Gasteiger partial charge in [0.1, 0.15) is 5.69 Å². The number of carbonyl (C=O) groups is 1. The second-order valence-corrected chi connectivity index (χ2v) is 8.29. The number of hydrogen-bond donors (Lipinski definition) is 1. The van der Waals surface area contributed by atoms with Crippen LogP contribution < -0.4 is 10.2 Å². The highest BCUT2D eigenvalue weighted by Crippen LogP contribution is 2.39. The lowest BCUT2D eigenvalue weighted by atomic mass is 9.96. The average molecular weight is 425 g/mol. The molecule has 0 spiro atoms. The van der Waals surface area contributed by atoms with Gasteiger partial charge in [-0.25, -0.2) is 4.98 Å². The molecule has 0 atom stereocenters. The Bertz CT molecular complexity index is 1340. The van der Waals surface area contributed by atoms with E-state index in [0.717, 1.165) is 63.8 Å². The number of fused-ring (bicyclic) bond motifs is 2. The maximum atomic E-state index is 11.9. The van der Waals surface area contributed by atoms with Crippen LogP contribution in [0.4, 0.5) is 11.6 Å². The molecule has 2 aromatic heterocycles. The number of aromatic nitrogens is 3. The Kier molecular flexibility index (Phi) is 4.43. The summed E-state index contributed by atoms with van der Waals surface area (Å²) in [6.45, 7) is 5.01. The molecule has 2 aromatic carbocycles. The maximum absolute atomic E-state index is 11.9. The second-order valence-electron chi connectivity index (χ2n) is 8.29. The van der Waals surface area contributed by atoms with Gasteiger partial charge in [-0.3, -0.25) is 4.79 Å². The highest BCUT2D eigenvalue weighted by Gasteiger charge is 2.25. The van der Waals surface area contributed by atoms with Gasteiger partial charge in [-0.05, 0) is 35.7 Å². The third kappa shape index (κ3) is 3.05. The molecule has 1 N–H and O–H groups in total. The molecule has 0 saturated carbocycles. The molecule has 160 valence electrons. The van der Waals surface area contributed by atoms with Crippen molar-refractivity contribution in [1.82, 2.24) is 14.6 Å². The van der Waals surface area contributed by atoms with Crippen LogP contribution in [-0.4, -0.2) is 46.8 Å². The number of rotatable bonds is 3. The van der Waals surface area contributed by atoms with Gasteiger partial charge in [0.2, 0.25) is 11.9 Å². The smallest absolute Gasteiger partial charge is 0.228 e. The minimum atomic E-state index is 0.0373. The second kappa shape index (κ2) is 7.46. The number of nitrogens with one attached hydrogen (secondary N) is 1. The van der Waals surface area contributed by atoms with Crippen molar-refractivity contribution in [2.24, 2.45) is 0 Å². The first-order chi connectivity index (χ1) is 15.7. The molecule has 1 amide bonds. The number of hydrogen-bond acceptors (Lipinski definition) is 5. The van der Waals surface area contributed by atoms with Crippen LogP contribution in [0.3, 0.4) is 0 Å². The normalized spacial score (nSPS) is 15.8. The van der Waals surface area contributed by atoms with Crippen LogP contribution in [0.5, 0.6) is 0 Å². The highest BCUT2D eigenvalue weighted by molar-refractivity contribution is 6.01. The summed E-state index contributed by atoms with van der Waals surface area (Å²) in [5, 5.41) is 8.02. The van der Waals surface area contributed by atoms with Crippen molar-refractivity contribution in [3.05, 3.63) is 65.9 Å². The fourth-order valence-electron chi connectivity index (χ4n) is 4.63. The Balaban J connectivity index is 1.62. The zero-order chi connectivity index (χ0) is 21.7. The minimum absolute atomic E-state index is 0.0373. The van der Waals surface area contributed by atoms with Crippen molar-refractivity contribution < 1.29 is 9.53 Å². The number of morpholine rings is 1. The van der Waals surface area contributed by atoms with E-state index in [2.05, 4.69) is 41.4 Å². The van der Waals surface area contributed by atoms with Crippen molar-refractivity contribution in [2.75, 3.05) is 36.5 Å². The topological polar surface area (TPSA) is 71.8 Å². The summed E-state index contributed by atoms with van der Waals surface area (Å²) in [5.41, 5.74) is 8.08. The molecule has 0 bridgehead atoms. The van der Waals surface area contributed by atoms with Gasteiger partial charge in [0.05, 0.1) is 25.2 Å². The third-order valence-electron chi connectivity index (χ3n) is 6.18. The number of benzene rings is 2. The van der Waals surface area contributed by atoms with Gasteiger partial charge < -0.3 is 15.0 Å². The van der Waals surface area contributed by atoms with E-state index < -0.39 is 0 Å². The van der Waals surface area contributed by atoms with Crippen LogP contribution in [-0.2, 0) is 16.0 Å². The largest absolute Gasteiger partial charge is 0.378 e. The van der Waals surface area contributed by atoms with Gasteiger partial charge in [-0.15, -0.1) is 0 Å². The first-order valence-electron chi connectivity index (χ1n) is 10.9. The van der Waals surface area contributed by atoms with Gasteiger partial charge in [0.15, 0.2) is 0 Å². The monoisotopic (exact) mass is 425 g/mol. The average Bonchev–Trinajstić information content (AvgIpc) is 3.40. The molecule has 0 aliphatic carbocycles. The summed E-state index contributed by atoms with van der Waals surface area (Å²) >= 11 is 0. The van der Waals surface area contributed by atoms with Gasteiger partial charge in [0.25, 0.3) is 0 Å². The van der Waals surface area contributed by atoms with E-state index >= 15 is 0 Å². The molecular weight excluding hydrogens is 402 g/mol. The summed E-state index contributed by atoms with van der Waals surface area (Å²) in [7, 11) is 0. The van der Waals surface area contributed by atoms with Gasteiger partial charge in [-0.1, -0.05) is 36.4 Å². The third-order valence-corrected chi connectivity index (χ3v) is 6.18. The Morgan fingerprint density at radius 3 is 2.66 bits per heavy atom. The van der Waals surface area contributed by atoms with Gasteiger partial charge in [-0.2, -0.15) is 9.61 Å². The maximum Gasteiger partial charge on any atom is 0.228 e. The highest BCUT2D eigenvalue weighted by atomic mass is 16.5. The molecule has 4 heterocycles. The molecule has 2 aliphatic rings. The van der Waals surface area contributed by atoms with E-state index in [-0.39, 0.29) is 5.91 Å². The first-order valence-corrected chi connectivity index (χ1v) is 10.9. The number of amides is 1. The standard InChI is InChI=1S/C25H23N5O2/c1-16-15-26-25(29-9-11-32-12-10-29)30-24(16)22(23(28-30)17-5-3-2-4-6-17)18-7-8-20-19(13-18)14-21(31)27-20/h2-8,13,15H,9-12,14H2,1H3,(H,27,31). The van der Waals surface area contributed by atoms with Crippen molar-refractivity contribution in [3.8, 4) is 22.4 Å². The van der Waals surface area contributed by atoms with Gasteiger partial charge in [0, 0.05) is 36.1 Å². The molecule has 1 fully saturated rings. The molecule has 7 heteroatoms. The first kappa shape index (κ1) is 19.0. The van der Waals surface area contributed by atoms with E-state index in [4.69, 9.17) is 14.8 Å². The van der Waals surface area contributed by atoms with Crippen molar-refractivity contribution in [2.45, 2.75) is 13.3 Å². The number of ether oxygens (including phenoxy) is 1. The SMILES string of the molecule is Cc1cnc(N2CCOCC2)n2nc(-c3ccccc3)c(-c3ccc4c(c3)CC(=O)N4)c12. The minimum Gasteiger partial charge on any atom is -0.378 e. The fourth-order valence-corrected chi connectivity index (χ4v) is 4.63. The van der Waals surface area contributed by atoms with E-state index in [1.54, 1.807) is 0 Å². The lowest BCUT2D eigenvalue weighted by molar-refractivity contribution is -0.115. The molecular formula is C25H23N5O2. The fraction of sp³-hybridized carbons (Fsp3) is 0.240. The molecule has 4 aromatic rings. The van der Waals surface area contributed by atoms with Crippen LogP contribution in [0.15, 0.2) is 54.7 Å². The number of carbonyl (C=O) groups excluding carboxylic acids is 1. The summed E-state index contributed by atoms with van der Waals surface area (Å²) in [6.07, 6.45) is 2.33. The summed E-state index contributed by atoms with van der Waals surface area (Å²) < 4.78 is 7.52. The molecule has 32 heavy (non-hydrogen) atoms. The zero-order valence-electron chi connectivity index (χ0n) is 17.8. The summed E-state index contributed by atoms with van der Waals surface area (Å²) in [6, 6.07) is 16.4. The Morgan fingerprint density at radius 2 is 1.84 bits per heavy atom. The Labute approximate surface area is 185 Å². The number of nitrogens with zero attached hydrogens (tertiary/aromatic N) is 4. The molecule has 1 saturated heterocycles. The van der Waals surface area contributed by atoms with E-state index in [1.807, 2.05) is 35.0 Å². The molecule has 6 rings (SSSR count). The Hall–Kier alpha value is -3.71. The predicted molar refractivity (Wildman–Crippen MR) is 124 cm³/mol. The van der Waals surface area contributed by atoms with Crippen LogP contribution in [0.1, 0.15) is 11.1 Å². The van der Waals surface area contributed by atoms with Crippen molar-refractivity contribution in [3.63, 3.8) is 0 Å². The summed E-state index contributed by atoms with van der Waals surface area (Å²) in [4.78, 5) is 18.9. The van der Waals surface area contributed by atoms with Crippen molar-refractivity contribution >= 4 is 23.1 Å². The van der Waals surface area contributed by atoms with Crippen LogP contribution in [0.2, 0.25) is 0 Å². The summed E-state index contributed by atoms with van der Waals surface area (Å²) in [5.74, 6) is 0.866. The predicted octanol–water partition coefficient (Wildman–Crippen LogP) is 3.70. The molecule has 0 radical (unpaired) electrons. The number of anilines is 2. The lowest BCUT2D eigenvalue weighted by Gasteiger charge is -2.27. The van der Waals surface area contributed by atoms with Gasteiger partial charge >= 0.3 is 0 Å². The van der Waals surface area contributed by atoms with E-state index in [0.29, 0.717) is 19.6 Å². The van der Waals surface area contributed by atoms with E-state index in [9.17, 15) is 4.79 Å². The zero-order valence-corrected chi connectivity index (χ0v) is 17.8. The van der Waals surface area contributed by atoms with Crippen LogP contribution in [0, 0.1) is 6.92 Å². The van der Waals surface area contributed by atoms with Crippen LogP contribution >= 0.6 is 0 Å². The molecule has 7 nitrogen and oxygen atoms in total. The van der Waals surface area contributed by atoms with Crippen molar-refractivity contribution in [1.29, 1.82) is 0 Å². The Morgan fingerprint density at radius 1 is 1.03 bits per heavy atom. The lowest BCUT2D eigenvalue weighted by Crippen LogP contribution is -2.38. The number of aryl methyl sites for hydroxylation is 1. The van der Waals surface area contributed by atoms with Crippen LogP contribution in [0.25, 0.3) is 27.9 Å². The van der Waals surface area contributed by atoms with E-state index in [1.165, 1.54) is 0 Å². The molecule has 2 aliphatic heterocycles.